The van der Waals surface area contributed by atoms with Gasteiger partial charge in [-0.05, 0) is 42.3 Å². The smallest absolute Gasteiger partial charge is 0.273 e. The zero-order valence-corrected chi connectivity index (χ0v) is 17.9. The first kappa shape index (κ1) is 21.7. The number of rotatable bonds is 6. The van der Waals surface area contributed by atoms with Gasteiger partial charge in [-0.25, -0.2) is 0 Å². The predicted octanol–water partition coefficient (Wildman–Crippen LogP) is 1.84. The minimum Gasteiger partial charge on any atom is -0.394 e. The number of nitrogens with zero attached hydrogens (tertiary/aromatic N) is 4. The van der Waals surface area contributed by atoms with Crippen LogP contribution in [0.3, 0.4) is 0 Å². The number of aliphatic hydroxyl groups is 1. The fourth-order valence-electron chi connectivity index (χ4n) is 3.88. The third-order valence-electron chi connectivity index (χ3n) is 5.45. The topological polar surface area (TPSA) is 110 Å². The minimum absolute atomic E-state index is 0.0697. The van der Waals surface area contributed by atoms with Crippen molar-refractivity contribution in [3.8, 4) is 0 Å². The monoisotopic (exact) mass is 435 g/mol. The Kier molecular flexibility index (Phi) is 6.29. The van der Waals surface area contributed by atoms with Gasteiger partial charge in [0.05, 0.1) is 18.3 Å². The van der Waals surface area contributed by atoms with Gasteiger partial charge in [0.15, 0.2) is 0 Å². The van der Waals surface area contributed by atoms with Crippen molar-refractivity contribution in [3.05, 3.63) is 77.4 Å². The largest absolute Gasteiger partial charge is 0.394 e. The molecule has 0 unspecified atom stereocenters. The number of hydrogen-bond donors (Lipinski definition) is 2. The number of carbonyl (C=O) groups excluding carboxylic acids is 2. The first-order valence-electron chi connectivity index (χ1n) is 10.3. The van der Waals surface area contributed by atoms with E-state index in [1.54, 1.807) is 42.5 Å². The molecule has 2 amide bonds. The van der Waals surface area contributed by atoms with Crippen molar-refractivity contribution < 1.29 is 19.4 Å². The highest BCUT2D eigenvalue weighted by molar-refractivity contribution is 6.03. The van der Waals surface area contributed by atoms with Crippen molar-refractivity contribution in [2.45, 2.75) is 25.6 Å². The number of hydrogen-bond acceptors (Lipinski definition) is 6. The van der Waals surface area contributed by atoms with Crippen molar-refractivity contribution >= 4 is 17.5 Å². The van der Waals surface area contributed by atoms with Gasteiger partial charge >= 0.3 is 0 Å². The molecule has 2 aromatic heterocycles. The normalized spacial score (nSPS) is 18.6. The third kappa shape index (κ3) is 4.53. The molecule has 1 aliphatic heterocycles. The molecule has 2 atom stereocenters. The highest BCUT2D eigenvalue weighted by atomic mass is 16.5. The molecule has 1 aromatic carbocycles. The first-order valence-corrected chi connectivity index (χ1v) is 10.3. The van der Waals surface area contributed by atoms with E-state index in [1.165, 1.54) is 4.68 Å². The molecule has 0 bridgehead atoms. The molecule has 2 N–H and O–H groups in total. The van der Waals surface area contributed by atoms with Gasteiger partial charge in [0, 0.05) is 31.7 Å². The van der Waals surface area contributed by atoms with Gasteiger partial charge in [-0.3, -0.25) is 19.3 Å². The van der Waals surface area contributed by atoms with Gasteiger partial charge in [-0.15, -0.1) is 0 Å². The lowest BCUT2D eigenvalue weighted by molar-refractivity contribution is -0.162. The van der Waals surface area contributed by atoms with Gasteiger partial charge in [-0.1, -0.05) is 18.2 Å². The van der Waals surface area contributed by atoms with Crippen LogP contribution in [0.5, 0.6) is 0 Å². The second kappa shape index (κ2) is 9.29. The number of amides is 2. The van der Waals surface area contributed by atoms with Gasteiger partial charge in [0.2, 0.25) is 5.91 Å². The predicted molar refractivity (Wildman–Crippen MR) is 117 cm³/mol. The molecule has 0 radical (unpaired) electrons. The second-order valence-corrected chi connectivity index (χ2v) is 7.74. The van der Waals surface area contributed by atoms with E-state index < -0.39 is 12.1 Å². The van der Waals surface area contributed by atoms with Crippen LogP contribution >= 0.6 is 0 Å². The maximum absolute atomic E-state index is 12.5. The summed E-state index contributed by atoms with van der Waals surface area (Å²) in [6.07, 6.45) is 2.89. The number of pyridine rings is 1. The molecule has 0 aliphatic carbocycles. The Morgan fingerprint density at radius 2 is 2.06 bits per heavy atom. The molecule has 4 rings (SSSR count). The molecule has 32 heavy (non-hydrogen) atoms. The second-order valence-electron chi connectivity index (χ2n) is 7.74. The number of aromatic nitrogens is 3. The number of nitrogens with one attached hydrogen (secondary N) is 1. The van der Waals surface area contributed by atoms with Gasteiger partial charge in [0.25, 0.3) is 5.91 Å². The summed E-state index contributed by atoms with van der Waals surface area (Å²) in [6, 6.07) is 12.1. The Morgan fingerprint density at radius 3 is 2.69 bits per heavy atom. The maximum atomic E-state index is 12.5. The fraction of sp³-hybridized carbons (Fsp3) is 0.304. The van der Waals surface area contributed by atoms with E-state index in [0.29, 0.717) is 17.9 Å². The molecular weight excluding hydrogens is 410 g/mol. The molecule has 3 heterocycles. The van der Waals surface area contributed by atoms with E-state index in [-0.39, 0.29) is 25.0 Å². The van der Waals surface area contributed by atoms with Crippen LogP contribution in [0.1, 0.15) is 33.4 Å². The summed E-state index contributed by atoms with van der Waals surface area (Å²) in [6.45, 7) is 1.86. The molecular formula is C23H25N5O4. The summed E-state index contributed by atoms with van der Waals surface area (Å²) in [5, 5.41) is 17.1. The Balaban J connectivity index is 1.49. The van der Waals surface area contributed by atoms with E-state index in [4.69, 9.17) is 4.74 Å². The van der Waals surface area contributed by atoms with E-state index in [0.717, 1.165) is 16.8 Å². The molecule has 166 valence electrons. The molecule has 1 saturated heterocycles. The van der Waals surface area contributed by atoms with Crippen molar-refractivity contribution in [3.63, 3.8) is 0 Å². The SMILES string of the molecule is Cc1cc(C(=O)Nc2ccc([C@H]3OCC(=O)N(Cc4cccnc4)[C@@H]3CO)cc2)n(C)n1. The van der Waals surface area contributed by atoms with Crippen LogP contribution in [-0.2, 0) is 23.1 Å². The lowest BCUT2D eigenvalue weighted by atomic mass is 9.98. The van der Waals surface area contributed by atoms with Crippen LogP contribution in [0.4, 0.5) is 5.69 Å². The van der Waals surface area contributed by atoms with Crippen LogP contribution in [0, 0.1) is 6.92 Å². The zero-order valence-electron chi connectivity index (χ0n) is 17.9. The maximum Gasteiger partial charge on any atom is 0.273 e. The van der Waals surface area contributed by atoms with Gasteiger partial charge < -0.3 is 20.1 Å². The summed E-state index contributed by atoms with van der Waals surface area (Å²) in [7, 11) is 1.72. The third-order valence-corrected chi connectivity index (χ3v) is 5.45. The number of carbonyl (C=O) groups is 2. The molecule has 1 fully saturated rings. The van der Waals surface area contributed by atoms with Gasteiger partial charge in [-0.2, -0.15) is 5.10 Å². The lowest BCUT2D eigenvalue weighted by Gasteiger charge is -2.40. The van der Waals surface area contributed by atoms with Crippen LogP contribution in [-0.4, -0.2) is 55.8 Å². The van der Waals surface area contributed by atoms with E-state index >= 15 is 0 Å². The lowest BCUT2D eigenvalue weighted by Crippen LogP contribution is -2.52. The van der Waals surface area contributed by atoms with Crippen LogP contribution in [0.15, 0.2) is 54.9 Å². The highest BCUT2D eigenvalue weighted by Crippen LogP contribution is 2.31. The number of morpholine rings is 1. The number of aryl methyl sites for hydroxylation is 2. The number of anilines is 1. The standard InChI is InChI=1S/C23H25N5O4/c1-15-10-19(27(2)26-15)23(31)25-18-7-5-17(6-8-18)22-20(13-29)28(21(30)14-32-22)12-16-4-3-9-24-11-16/h3-11,20,22,29H,12-14H2,1-2H3,(H,25,31)/t20-,22-/m1/s1. The first-order chi connectivity index (χ1) is 15.5. The van der Waals surface area contributed by atoms with E-state index in [1.807, 2.05) is 31.2 Å². The van der Waals surface area contributed by atoms with Crippen molar-refractivity contribution in [1.82, 2.24) is 19.7 Å². The molecule has 9 heteroatoms. The van der Waals surface area contributed by atoms with Crippen LogP contribution in [0.25, 0.3) is 0 Å². The summed E-state index contributed by atoms with van der Waals surface area (Å²) in [5.74, 6) is -0.434. The van der Waals surface area contributed by atoms with Crippen LogP contribution < -0.4 is 5.32 Å². The minimum atomic E-state index is -0.533. The Labute approximate surface area is 185 Å². The quantitative estimate of drug-likeness (QED) is 0.611. The molecule has 0 saturated carbocycles. The van der Waals surface area contributed by atoms with Crippen molar-refractivity contribution in [1.29, 1.82) is 0 Å². The summed E-state index contributed by atoms with van der Waals surface area (Å²) < 4.78 is 7.33. The number of ether oxygens (including phenoxy) is 1. The van der Waals surface area contributed by atoms with E-state index in [2.05, 4.69) is 15.4 Å². The Bertz CT molecular complexity index is 1100. The molecule has 3 aromatic rings. The average Bonchev–Trinajstić information content (AvgIpc) is 3.14. The Hall–Kier alpha value is -3.56. The summed E-state index contributed by atoms with van der Waals surface area (Å²) >= 11 is 0. The summed E-state index contributed by atoms with van der Waals surface area (Å²) in [5.41, 5.74) is 3.54. The van der Waals surface area contributed by atoms with Crippen molar-refractivity contribution in [2.24, 2.45) is 7.05 Å². The van der Waals surface area contributed by atoms with Crippen molar-refractivity contribution in [2.75, 3.05) is 18.5 Å². The van der Waals surface area contributed by atoms with Crippen LogP contribution in [0.2, 0.25) is 0 Å². The number of benzene rings is 1. The summed E-state index contributed by atoms with van der Waals surface area (Å²) in [4.78, 5) is 30.7. The molecule has 9 nitrogen and oxygen atoms in total. The van der Waals surface area contributed by atoms with E-state index in [9.17, 15) is 14.7 Å². The number of aliphatic hydroxyl groups excluding tert-OH is 1. The highest BCUT2D eigenvalue weighted by Gasteiger charge is 2.37. The Morgan fingerprint density at radius 1 is 1.28 bits per heavy atom. The molecule has 0 spiro atoms. The average molecular weight is 435 g/mol. The zero-order chi connectivity index (χ0) is 22.7. The fourth-order valence-corrected chi connectivity index (χ4v) is 3.88. The van der Waals surface area contributed by atoms with Gasteiger partial charge in [0.1, 0.15) is 18.4 Å². The molecule has 1 aliphatic rings.